The summed E-state index contributed by atoms with van der Waals surface area (Å²) in [5.41, 5.74) is 5.52. The summed E-state index contributed by atoms with van der Waals surface area (Å²) in [4.78, 5) is 0. The average Bonchev–Trinajstić information content (AvgIpc) is 2.52. The molecular formula is C8H13NO3. The number of methoxy groups -OCH3 is 1. The number of hydrogen-bond acceptors (Lipinski definition) is 4. The molecule has 0 aliphatic rings. The van der Waals surface area contributed by atoms with Crippen molar-refractivity contribution in [1.29, 1.82) is 0 Å². The van der Waals surface area contributed by atoms with E-state index in [2.05, 4.69) is 0 Å². The number of hydrogen-bond donors (Lipinski definition) is 2. The van der Waals surface area contributed by atoms with Crippen LogP contribution in [0.3, 0.4) is 0 Å². The molecule has 0 aliphatic carbocycles. The van der Waals surface area contributed by atoms with Crippen LogP contribution in [0.15, 0.2) is 16.5 Å². The van der Waals surface area contributed by atoms with Gasteiger partial charge in [-0.15, -0.1) is 0 Å². The van der Waals surface area contributed by atoms with Gasteiger partial charge in [-0.25, -0.2) is 0 Å². The molecule has 1 atom stereocenters. The highest BCUT2D eigenvalue weighted by atomic mass is 16.5. The molecule has 68 valence electrons. The summed E-state index contributed by atoms with van der Waals surface area (Å²) in [6.07, 6.45) is 0. The third kappa shape index (κ3) is 2.07. The van der Waals surface area contributed by atoms with Crippen LogP contribution in [0.1, 0.15) is 17.6 Å². The Morgan fingerprint density at radius 3 is 3.00 bits per heavy atom. The molecule has 0 fully saturated rings. The fourth-order valence-corrected chi connectivity index (χ4v) is 0.904. The third-order valence-corrected chi connectivity index (χ3v) is 1.53. The van der Waals surface area contributed by atoms with E-state index in [1.54, 1.807) is 19.2 Å². The number of ether oxygens (including phenoxy) is 1. The van der Waals surface area contributed by atoms with Crippen molar-refractivity contribution in [3.8, 4) is 0 Å². The molecule has 4 nitrogen and oxygen atoms in total. The van der Waals surface area contributed by atoms with E-state index in [-0.39, 0.29) is 6.61 Å². The molecule has 0 saturated carbocycles. The van der Waals surface area contributed by atoms with Crippen LogP contribution in [0.5, 0.6) is 0 Å². The van der Waals surface area contributed by atoms with Crippen LogP contribution in [0, 0.1) is 0 Å². The fraction of sp³-hybridized carbons (Fsp3) is 0.500. The monoisotopic (exact) mass is 171 g/mol. The van der Waals surface area contributed by atoms with E-state index < -0.39 is 6.04 Å². The van der Waals surface area contributed by atoms with Gasteiger partial charge in [0.2, 0.25) is 0 Å². The van der Waals surface area contributed by atoms with E-state index in [1.165, 1.54) is 0 Å². The number of rotatable bonds is 4. The van der Waals surface area contributed by atoms with Crippen LogP contribution in [-0.2, 0) is 11.3 Å². The largest absolute Gasteiger partial charge is 0.462 e. The first-order valence-corrected chi connectivity index (χ1v) is 3.72. The number of aliphatic hydroxyl groups excluding tert-OH is 1. The lowest BCUT2D eigenvalue weighted by molar-refractivity contribution is 0.160. The van der Waals surface area contributed by atoms with E-state index in [1.807, 2.05) is 0 Å². The zero-order valence-electron chi connectivity index (χ0n) is 6.99. The van der Waals surface area contributed by atoms with Crippen molar-refractivity contribution < 1.29 is 14.3 Å². The lowest BCUT2D eigenvalue weighted by Crippen LogP contribution is -2.13. The van der Waals surface area contributed by atoms with Crippen molar-refractivity contribution >= 4 is 0 Å². The van der Waals surface area contributed by atoms with Crippen molar-refractivity contribution in [1.82, 2.24) is 0 Å². The lowest BCUT2D eigenvalue weighted by Gasteiger charge is -2.02. The Hall–Kier alpha value is -0.840. The van der Waals surface area contributed by atoms with E-state index in [0.29, 0.717) is 12.4 Å². The highest BCUT2D eigenvalue weighted by Gasteiger charge is 2.08. The Morgan fingerprint density at radius 2 is 2.42 bits per heavy atom. The Morgan fingerprint density at radius 1 is 1.67 bits per heavy atom. The van der Waals surface area contributed by atoms with Gasteiger partial charge in [0.25, 0.3) is 0 Å². The Kier molecular flexibility index (Phi) is 3.28. The van der Waals surface area contributed by atoms with Gasteiger partial charge >= 0.3 is 0 Å². The summed E-state index contributed by atoms with van der Waals surface area (Å²) >= 11 is 0. The number of aliphatic hydroxyl groups is 1. The molecule has 1 aromatic rings. The Balaban J connectivity index is 2.63. The van der Waals surface area contributed by atoms with Gasteiger partial charge in [0.05, 0.1) is 12.6 Å². The van der Waals surface area contributed by atoms with E-state index in [4.69, 9.17) is 20.0 Å². The van der Waals surface area contributed by atoms with Gasteiger partial charge in [-0.2, -0.15) is 0 Å². The van der Waals surface area contributed by atoms with Crippen molar-refractivity contribution in [2.75, 3.05) is 13.7 Å². The molecule has 0 saturated heterocycles. The van der Waals surface area contributed by atoms with E-state index >= 15 is 0 Å². The molecule has 4 heteroatoms. The van der Waals surface area contributed by atoms with Gasteiger partial charge < -0.3 is 20.0 Å². The smallest absolute Gasteiger partial charge is 0.129 e. The lowest BCUT2D eigenvalue weighted by atomic mass is 10.2. The van der Waals surface area contributed by atoms with Crippen molar-refractivity contribution in [2.45, 2.75) is 12.6 Å². The maximum Gasteiger partial charge on any atom is 0.129 e. The normalized spacial score (nSPS) is 13.2. The molecule has 0 unspecified atom stereocenters. The first-order valence-electron chi connectivity index (χ1n) is 3.72. The fourth-order valence-electron chi connectivity index (χ4n) is 0.904. The molecule has 0 aliphatic heterocycles. The molecule has 1 rings (SSSR count). The summed E-state index contributed by atoms with van der Waals surface area (Å²) in [5, 5.41) is 8.71. The molecule has 1 heterocycles. The van der Waals surface area contributed by atoms with Crippen LogP contribution < -0.4 is 5.73 Å². The minimum absolute atomic E-state index is 0.111. The zero-order chi connectivity index (χ0) is 8.97. The topological polar surface area (TPSA) is 68.6 Å². The predicted octanol–water partition coefficient (Wildman–Crippen LogP) is 0.418. The average molecular weight is 171 g/mol. The standard InChI is InChI=1S/C8H13NO3/c1-11-5-6-2-3-8(12-6)7(9)4-10/h2-3,7,10H,4-5,9H2,1H3/t7-/m1/s1. The van der Waals surface area contributed by atoms with Crippen LogP contribution in [-0.4, -0.2) is 18.8 Å². The molecule has 0 spiro atoms. The van der Waals surface area contributed by atoms with Crippen LogP contribution in [0.2, 0.25) is 0 Å². The van der Waals surface area contributed by atoms with Crippen molar-refractivity contribution in [2.24, 2.45) is 5.73 Å². The van der Waals surface area contributed by atoms with Gasteiger partial charge in [0.1, 0.15) is 18.1 Å². The first kappa shape index (κ1) is 9.25. The van der Waals surface area contributed by atoms with Crippen molar-refractivity contribution in [3.63, 3.8) is 0 Å². The van der Waals surface area contributed by atoms with E-state index in [0.717, 1.165) is 5.76 Å². The van der Waals surface area contributed by atoms with Crippen LogP contribution in [0.25, 0.3) is 0 Å². The molecule has 0 radical (unpaired) electrons. The molecule has 1 aromatic heterocycles. The summed E-state index contributed by atoms with van der Waals surface area (Å²) < 4.78 is 10.1. The van der Waals surface area contributed by atoms with Gasteiger partial charge in [-0.1, -0.05) is 0 Å². The Labute approximate surface area is 70.9 Å². The van der Waals surface area contributed by atoms with Crippen LogP contribution in [0.4, 0.5) is 0 Å². The second-order valence-corrected chi connectivity index (χ2v) is 2.53. The summed E-state index contributed by atoms with van der Waals surface area (Å²) in [6.45, 7) is 0.318. The SMILES string of the molecule is COCc1ccc([C@H](N)CO)o1. The quantitative estimate of drug-likeness (QED) is 0.688. The second-order valence-electron chi connectivity index (χ2n) is 2.53. The number of nitrogens with two attached hydrogens (primary N) is 1. The van der Waals surface area contributed by atoms with Gasteiger partial charge in [0, 0.05) is 7.11 Å². The molecule has 0 bridgehead atoms. The Bertz CT molecular complexity index is 234. The van der Waals surface area contributed by atoms with Crippen molar-refractivity contribution in [3.05, 3.63) is 23.7 Å². The highest BCUT2D eigenvalue weighted by Crippen LogP contribution is 2.14. The zero-order valence-corrected chi connectivity index (χ0v) is 6.99. The van der Waals surface area contributed by atoms with Crippen LogP contribution >= 0.6 is 0 Å². The number of furan rings is 1. The highest BCUT2D eigenvalue weighted by molar-refractivity contribution is 5.09. The van der Waals surface area contributed by atoms with E-state index in [9.17, 15) is 0 Å². The molecule has 0 aromatic carbocycles. The second kappa shape index (κ2) is 4.25. The summed E-state index contributed by atoms with van der Waals surface area (Å²) in [6, 6.07) is 3.10. The molecule has 0 amide bonds. The van der Waals surface area contributed by atoms with Gasteiger partial charge in [-0.3, -0.25) is 0 Å². The van der Waals surface area contributed by atoms with Gasteiger partial charge in [0.15, 0.2) is 0 Å². The predicted molar refractivity (Wildman–Crippen MR) is 43.4 cm³/mol. The first-order chi connectivity index (χ1) is 5.77. The molecular weight excluding hydrogens is 158 g/mol. The summed E-state index contributed by atoms with van der Waals surface area (Å²) in [7, 11) is 1.59. The molecule has 12 heavy (non-hydrogen) atoms. The minimum atomic E-state index is -0.435. The van der Waals surface area contributed by atoms with Gasteiger partial charge in [-0.05, 0) is 12.1 Å². The molecule has 3 N–H and O–H groups in total. The minimum Gasteiger partial charge on any atom is -0.462 e. The summed E-state index contributed by atoms with van der Waals surface area (Å²) in [5.74, 6) is 1.31. The maximum atomic E-state index is 8.71. The maximum absolute atomic E-state index is 8.71. The third-order valence-electron chi connectivity index (χ3n) is 1.53.